The van der Waals surface area contributed by atoms with Crippen LogP contribution in [0.25, 0.3) is 5.69 Å². The number of aromatic nitrogens is 2. The number of nitrogens with one attached hydrogen (secondary N) is 2. The number of rotatable bonds is 4. The fraction of sp³-hybridized carbons (Fsp3) is 0.444. The van der Waals surface area contributed by atoms with Gasteiger partial charge in [0.25, 0.3) is 0 Å². The molecule has 25 heavy (non-hydrogen) atoms. The number of piperidine rings is 1. The molecule has 3 heterocycles. The van der Waals surface area contributed by atoms with Crippen LogP contribution in [0.3, 0.4) is 0 Å². The number of anilines is 1. The maximum absolute atomic E-state index is 12.5. The molecule has 4 rings (SSSR count). The van der Waals surface area contributed by atoms with E-state index in [0.29, 0.717) is 24.4 Å². The Morgan fingerprint density at radius 1 is 1.20 bits per heavy atom. The number of carbonyl (C=O) groups excluding carboxylic acids is 1. The second-order valence-electron chi connectivity index (χ2n) is 6.71. The van der Waals surface area contributed by atoms with Gasteiger partial charge in [0, 0.05) is 30.9 Å². The number of halogens is 2. The van der Waals surface area contributed by atoms with Gasteiger partial charge in [-0.25, -0.2) is 4.98 Å². The largest absolute Gasteiger partial charge is 0.324 e. The van der Waals surface area contributed by atoms with E-state index in [1.54, 1.807) is 12.5 Å². The van der Waals surface area contributed by atoms with Crippen molar-refractivity contribution in [3.63, 3.8) is 0 Å². The monoisotopic (exact) mass is 382 g/mol. The van der Waals surface area contributed by atoms with Crippen molar-refractivity contribution >= 4 is 36.4 Å². The predicted octanol–water partition coefficient (Wildman–Crippen LogP) is 3.58. The Hall–Kier alpha value is -1.56. The molecule has 2 atom stereocenters. The molecule has 2 unspecified atom stereocenters. The first kappa shape index (κ1) is 19.8. The third-order valence-electron chi connectivity index (χ3n) is 5.01. The van der Waals surface area contributed by atoms with E-state index in [2.05, 4.69) is 15.6 Å². The smallest absolute Gasteiger partial charge is 0.224 e. The van der Waals surface area contributed by atoms with Gasteiger partial charge in [0.2, 0.25) is 5.91 Å². The van der Waals surface area contributed by atoms with Crippen molar-refractivity contribution in [3.8, 4) is 5.69 Å². The second kappa shape index (κ2) is 8.70. The summed E-state index contributed by atoms with van der Waals surface area (Å²) < 4.78 is 1.92. The van der Waals surface area contributed by atoms with E-state index in [-0.39, 0.29) is 30.7 Å². The molecule has 1 aromatic heterocycles. The zero-order chi connectivity index (χ0) is 15.6. The van der Waals surface area contributed by atoms with E-state index >= 15 is 0 Å². The molecule has 2 fully saturated rings. The van der Waals surface area contributed by atoms with Gasteiger partial charge in [-0.05, 0) is 43.7 Å². The van der Waals surface area contributed by atoms with Gasteiger partial charge in [-0.15, -0.1) is 24.8 Å². The molecule has 5 nitrogen and oxygen atoms in total. The van der Waals surface area contributed by atoms with Crippen LogP contribution < -0.4 is 10.6 Å². The molecule has 0 spiro atoms. The number of para-hydroxylation sites is 2. The summed E-state index contributed by atoms with van der Waals surface area (Å²) in [7, 11) is 0. The van der Waals surface area contributed by atoms with Crippen molar-refractivity contribution in [3.05, 3.63) is 43.0 Å². The molecule has 1 aromatic carbocycles. The van der Waals surface area contributed by atoms with Crippen molar-refractivity contribution in [1.82, 2.24) is 14.9 Å². The molecule has 2 N–H and O–H groups in total. The van der Waals surface area contributed by atoms with Crippen LogP contribution in [0.15, 0.2) is 43.0 Å². The van der Waals surface area contributed by atoms with Crippen LogP contribution in [0.1, 0.15) is 32.1 Å². The molecule has 0 aliphatic carbocycles. The summed E-state index contributed by atoms with van der Waals surface area (Å²) in [6.45, 7) is 0. The van der Waals surface area contributed by atoms with E-state index in [4.69, 9.17) is 0 Å². The number of imidazole rings is 1. The van der Waals surface area contributed by atoms with E-state index in [9.17, 15) is 4.79 Å². The lowest BCUT2D eigenvalue weighted by atomic mass is 9.89. The van der Waals surface area contributed by atoms with Gasteiger partial charge in [-0.2, -0.15) is 0 Å². The average Bonchev–Trinajstić information content (AvgIpc) is 3.18. The number of amides is 1. The van der Waals surface area contributed by atoms with Gasteiger partial charge >= 0.3 is 0 Å². The fourth-order valence-corrected chi connectivity index (χ4v) is 4.01. The number of carbonyl (C=O) groups is 1. The topological polar surface area (TPSA) is 59.0 Å². The highest BCUT2D eigenvalue weighted by Gasteiger charge is 2.34. The zero-order valence-corrected chi connectivity index (χ0v) is 15.6. The Morgan fingerprint density at radius 3 is 2.60 bits per heavy atom. The maximum Gasteiger partial charge on any atom is 0.224 e. The fourth-order valence-electron chi connectivity index (χ4n) is 4.01. The first-order valence-corrected chi connectivity index (χ1v) is 8.41. The minimum atomic E-state index is 0. The SMILES string of the molecule is Cl.Cl.O=C(CC1CC2CCC(C1)N2)Nc1ccccc1-n1ccnc1. The van der Waals surface area contributed by atoms with Crippen LogP contribution in [0.4, 0.5) is 5.69 Å². The van der Waals surface area contributed by atoms with Gasteiger partial charge < -0.3 is 15.2 Å². The molecule has 2 aromatic rings. The van der Waals surface area contributed by atoms with E-state index in [0.717, 1.165) is 24.2 Å². The third-order valence-corrected chi connectivity index (χ3v) is 5.01. The third kappa shape index (κ3) is 4.54. The van der Waals surface area contributed by atoms with Gasteiger partial charge in [-0.1, -0.05) is 12.1 Å². The van der Waals surface area contributed by atoms with E-state index in [1.165, 1.54) is 12.8 Å². The van der Waals surface area contributed by atoms with Crippen LogP contribution >= 0.6 is 24.8 Å². The molecule has 136 valence electrons. The summed E-state index contributed by atoms with van der Waals surface area (Å²) in [6, 6.07) is 9.10. The van der Waals surface area contributed by atoms with Crippen molar-refractivity contribution in [2.24, 2.45) is 5.92 Å². The summed E-state index contributed by atoms with van der Waals surface area (Å²) >= 11 is 0. The quantitative estimate of drug-likeness (QED) is 0.849. The van der Waals surface area contributed by atoms with E-state index in [1.807, 2.05) is 35.0 Å². The molecule has 0 saturated carbocycles. The second-order valence-corrected chi connectivity index (χ2v) is 6.71. The minimum Gasteiger partial charge on any atom is -0.324 e. The number of hydrogen-bond acceptors (Lipinski definition) is 3. The summed E-state index contributed by atoms with van der Waals surface area (Å²) in [5.41, 5.74) is 1.79. The van der Waals surface area contributed by atoms with Crippen LogP contribution in [0.2, 0.25) is 0 Å². The average molecular weight is 383 g/mol. The van der Waals surface area contributed by atoms with Crippen LogP contribution in [-0.2, 0) is 4.79 Å². The highest BCUT2D eigenvalue weighted by Crippen LogP contribution is 2.33. The molecule has 2 aliphatic rings. The van der Waals surface area contributed by atoms with E-state index < -0.39 is 0 Å². The molecular formula is C18H24Cl2N4O. The van der Waals surface area contributed by atoms with Crippen molar-refractivity contribution in [2.45, 2.75) is 44.2 Å². The molecule has 2 saturated heterocycles. The van der Waals surface area contributed by atoms with Crippen LogP contribution in [-0.4, -0.2) is 27.5 Å². The molecule has 0 radical (unpaired) electrons. The summed E-state index contributed by atoms with van der Waals surface area (Å²) in [5, 5.41) is 6.72. The Bertz CT molecular complexity index is 680. The van der Waals surface area contributed by atoms with Gasteiger partial charge in [-0.3, -0.25) is 4.79 Å². The lowest BCUT2D eigenvalue weighted by Crippen LogP contribution is -2.39. The Labute approximate surface area is 160 Å². The zero-order valence-electron chi connectivity index (χ0n) is 13.9. The Kier molecular flexibility index (Phi) is 6.87. The first-order valence-electron chi connectivity index (χ1n) is 8.41. The molecule has 7 heteroatoms. The minimum absolute atomic E-state index is 0. The predicted molar refractivity (Wildman–Crippen MR) is 104 cm³/mol. The molecule has 2 aliphatic heterocycles. The Morgan fingerprint density at radius 2 is 1.92 bits per heavy atom. The van der Waals surface area contributed by atoms with Gasteiger partial charge in [0.05, 0.1) is 17.7 Å². The molecule has 2 bridgehead atoms. The number of hydrogen-bond donors (Lipinski definition) is 2. The maximum atomic E-state index is 12.5. The Balaban J connectivity index is 0.00000113. The summed E-state index contributed by atoms with van der Waals surface area (Å²) in [4.78, 5) is 16.6. The number of fused-ring (bicyclic) bond motifs is 2. The van der Waals surface area contributed by atoms with Gasteiger partial charge in [0.15, 0.2) is 0 Å². The number of nitrogens with zero attached hydrogens (tertiary/aromatic N) is 2. The van der Waals surface area contributed by atoms with Crippen molar-refractivity contribution < 1.29 is 4.79 Å². The lowest BCUT2D eigenvalue weighted by Gasteiger charge is -2.28. The van der Waals surface area contributed by atoms with Crippen molar-refractivity contribution in [2.75, 3.05) is 5.32 Å². The van der Waals surface area contributed by atoms with Crippen molar-refractivity contribution in [1.29, 1.82) is 0 Å². The summed E-state index contributed by atoms with van der Waals surface area (Å²) in [5.74, 6) is 0.623. The number of benzene rings is 1. The molecule has 1 amide bonds. The highest BCUT2D eigenvalue weighted by molar-refractivity contribution is 5.93. The summed E-state index contributed by atoms with van der Waals surface area (Å²) in [6.07, 6.45) is 10.8. The van der Waals surface area contributed by atoms with Crippen LogP contribution in [0.5, 0.6) is 0 Å². The van der Waals surface area contributed by atoms with Crippen LogP contribution in [0, 0.1) is 5.92 Å². The standard InChI is InChI=1S/C18H22N4O.2ClH/c23-18(11-13-9-14-5-6-15(10-13)20-14)21-16-3-1-2-4-17(16)22-8-7-19-12-22;;/h1-4,7-8,12-15,20H,5-6,9-11H2,(H,21,23);2*1H. The highest BCUT2D eigenvalue weighted by atomic mass is 35.5. The molecular weight excluding hydrogens is 359 g/mol. The lowest BCUT2D eigenvalue weighted by molar-refractivity contribution is -0.117. The normalized spacial score (nSPS) is 24.1. The van der Waals surface area contributed by atoms with Gasteiger partial charge in [0.1, 0.15) is 0 Å². The first-order chi connectivity index (χ1) is 11.3.